The number of fused-ring (bicyclic) bond motifs is 1. The molecule has 4 rings (SSSR count). The quantitative estimate of drug-likeness (QED) is 0.711. The minimum Gasteiger partial charge on any atom is -0.463 e. The molecule has 0 radical (unpaired) electrons. The Bertz CT molecular complexity index is 938. The lowest BCUT2D eigenvalue weighted by Gasteiger charge is -2.22. The molecule has 1 saturated carbocycles. The third-order valence-corrected chi connectivity index (χ3v) is 5.00. The van der Waals surface area contributed by atoms with Crippen LogP contribution in [0.15, 0.2) is 47.2 Å². The highest BCUT2D eigenvalue weighted by Crippen LogP contribution is 2.29. The molecule has 132 valence electrons. The number of nitrogens with zero attached hydrogens (tertiary/aromatic N) is 1. The summed E-state index contributed by atoms with van der Waals surface area (Å²) in [6.07, 6.45) is 9.57. The summed E-state index contributed by atoms with van der Waals surface area (Å²) in [6.45, 7) is 0. The monoisotopic (exact) mass is 348 g/mol. The molecular weight excluding hydrogens is 328 g/mol. The van der Waals surface area contributed by atoms with Crippen molar-refractivity contribution in [3.63, 3.8) is 0 Å². The molecule has 0 bridgehead atoms. The lowest BCUT2D eigenvalue weighted by Crippen LogP contribution is -2.36. The van der Waals surface area contributed by atoms with Gasteiger partial charge in [0.15, 0.2) is 6.29 Å². The van der Waals surface area contributed by atoms with Crippen molar-refractivity contribution in [1.82, 2.24) is 10.3 Å². The minimum atomic E-state index is -0.0267. The number of aromatic nitrogens is 1. The van der Waals surface area contributed by atoms with Crippen LogP contribution < -0.4 is 5.32 Å². The van der Waals surface area contributed by atoms with Gasteiger partial charge in [0.2, 0.25) is 0 Å². The van der Waals surface area contributed by atoms with E-state index >= 15 is 0 Å². The summed E-state index contributed by atoms with van der Waals surface area (Å²) in [5, 5.41) is 3.91. The van der Waals surface area contributed by atoms with Gasteiger partial charge < -0.3 is 9.73 Å². The number of pyridine rings is 1. The van der Waals surface area contributed by atoms with E-state index in [9.17, 15) is 9.59 Å². The van der Waals surface area contributed by atoms with Gasteiger partial charge >= 0.3 is 0 Å². The molecule has 0 unspecified atom stereocenters. The highest BCUT2D eigenvalue weighted by Gasteiger charge is 2.17. The second-order valence-corrected chi connectivity index (χ2v) is 6.73. The van der Waals surface area contributed by atoms with Gasteiger partial charge in [-0.05, 0) is 31.0 Å². The standard InChI is InChI=1S/C21H20N2O3/c24-13-16-12-22-19(18-10-11-26-20(16)18)14-6-8-15(9-7-14)21(25)23-17-4-2-1-3-5-17/h6-13,17H,1-5H2,(H,23,25). The second-order valence-electron chi connectivity index (χ2n) is 6.73. The van der Waals surface area contributed by atoms with Crippen LogP contribution in [0.2, 0.25) is 0 Å². The molecule has 2 heterocycles. The van der Waals surface area contributed by atoms with Gasteiger partial charge in [-0.1, -0.05) is 31.4 Å². The Morgan fingerprint density at radius 3 is 2.62 bits per heavy atom. The summed E-state index contributed by atoms with van der Waals surface area (Å²) in [5.41, 5.74) is 3.22. The molecule has 26 heavy (non-hydrogen) atoms. The Kier molecular flexibility index (Phi) is 4.52. The fourth-order valence-electron chi connectivity index (χ4n) is 3.59. The smallest absolute Gasteiger partial charge is 0.251 e. The van der Waals surface area contributed by atoms with Crippen molar-refractivity contribution in [3.8, 4) is 11.3 Å². The molecule has 2 aromatic heterocycles. The normalized spacial score (nSPS) is 15.1. The van der Waals surface area contributed by atoms with E-state index in [0.717, 1.165) is 35.8 Å². The Morgan fingerprint density at radius 1 is 1.12 bits per heavy atom. The van der Waals surface area contributed by atoms with Crippen molar-refractivity contribution in [3.05, 3.63) is 53.9 Å². The van der Waals surface area contributed by atoms with Crippen LogP contribution in [0.25, 0.3) is 22.2 Å². The number of furan rings is 1. The summed E-state index contributed by atoms with van der Waals surface area (Å²) < 4.78 is 5.41. The Balaban J connectivity index is 1.57. The number of hydrogen-bond donors (Lipinski definition) is 1. The zero-order chi connectivity index (χ0) is 17.9. The summed E-state index contributed by atoms with van der Waals surface area (Å²) in [5.74, 6) is -0.0267. The molecule has 1 aliphatic rings. The van der Waals surface area contributed by atoms with E-state index in [1.54, 1.807) is 12.3 Å². The van der Waals surface area contributed by atoms with Crippen LogP contribution in [0.1, 0.15) is 52.8 Å². The van der Waals surface area contributed by atoms with Gasteiger partial charge in [-0.3, -0.25) is 14.6 Å². The maximum Gasteiger partial charge on any atom is 0.251 e. The van der Waals surface area contributed by atoms with Gasteiger partial charge in [0.25, 0.3) is 5.91 Å². The van der Waals surface area contributed by atoms with E-state index < -0.39 is 0 Å². The SMILES string of the molecule is O=Cc1cnc(-c2ccc(C(=O)NC3CCCCC3)cc2)c2ccoc12. The topological polar surface area (TPSA) is 72.2 Å². The van der Waals surface area contributed by atoms with Crippen LogP contribution >= 0.6 is 0 Å². The summed E-state index contributed by atoms with van der Waals surface area (Å²) >= 11 is 0. The summed E-state index contributed by atoms with van der Waals surface area (Å²) in [4.78, 5) is 27.9. The number of hydrogen-bond acceptors (Lipinski definition) is 4. The third-order valence-electron chi connectivity index (χ3n) is 5.00. The first kappa shape index (κ1) is 16.5. The van der Waals surface area contributed by atoms with Crippen LogP contribution in [0, 0.1) is 0 Å². The largest absolute Gasteiger partial charge is 0.463 e. The van der Waals surface area contributed by atoms with E-state index in [-0.39, 0.29) is 5.91 Å². The summed E-state index contributed by atoms with van der Waals surface area (Å²) in [6, 6.07) is 9.48. The number of rotatable bonds is 4. The number of benzene rings is 1. The molecule has 0 spiro atoms. The third kappa shape index (κ3) is 3.12. The Hall–Kier alpha value is -2.95. The highest BCUT2D eigenvalue weighted by molar-refractivity contribution is 6.01. The molecule has 0 saturated heterocycles. The maximum atomic E-state index is 12.4. The first-order valence-electron chi connectivity index (χ1n) is 8.99. The number of nitrogens with one attached hydrogen (secondary N) is 1. The van der Waals surface area contributed by atoms with E-state index in [0.29, 0.717) is 22.8 Å². The number of aldehydes is 1. The highest BCUT2D eigenvalue weighted by atomic mass is 16.3. The molecule has 5 nitrogen and oxygen atoms in total. The van der Waals surface area contributed by atoms with E-state index in [1.807, 2.05) is 24.3 Å². The van der Waals surface area contributed by atoms with E-state index in [4.69, 9.17) is 4.42 Å². The van der Waals surface area contributed by atoms with Crippen molar-refractivity contribution in [1.29, 1.82) is 0 Å². The van der Waals surface area contributed by atoms with Crippen molar-refractivity contribution < 1.29 is 14.0 Å². The van der Waals surface area contributed by atoms with Crippen LogP contribution in [0.4, 0.5) is 0 Å². The van der Waals surface area contributed by atoms with Crippen LogP contribution in [0.5, 0.6) is 0 Å². The predicted molar refractivity (Wildman–Crippen MR) is 99.2 cm³/mol. The average Bonchev–Trinajstić information content (AvgIpc) is 3.18. The van der Waals surface area contributed by atoms with Gasteiger partial charge in [-0.15, -0.1) is 0 Å². The molecule has 1 N–H and O–H groups in total. The van der Waals surface area contributed by atoms with E-state index in [2.05, 4.69) is 10.3 Å². The van der Waals surface area contributed by atoms with Crippen molar-refractivity contribution in [2.75, 3.05) is 0 Å². The minimum absolute atomic E-state index is 0.0267. The molecule has 5 heteroatoms. The summed E-state index contributed by atoms with van der Waals surface area (Å²) in [7, 11) is 0. The average molecular weight is 348 g/mol. The second kappa shape index (κ2) is 7.12. The molecule has 0 aliphatic heterocycles. The lowest BCUT2D eigenvalue weighted by atomic mass is 9.95. The fourth-order valence-corrected chi connectivity index (χ4v) is 3.59. The number of amides is 1. The van der Waals surface area contributed by atoms with Gasteiger partial charge in [0, 0.05) is 28.8 Å². The zero-order valence-corrected chi connectivity index (χ0v) is 14.4. The molecule has 1 amide bonds. The maximum absolute atomic E-state index is 12.4. The first-order chi connectivity index (χ1) is 12.8. The fraction of sp³-hybridized carbons (Fsp3) is 0.286. The first-order valence-corrected chi connectivity index (χ1v) is 8.99. The van der Waals surface area contributed by atoms with Gasteiger partial charge in [-0.2, -0.15) is 0 Å². The molecule has 1 fully saturated rings. The van der Waals surface area contributed by atoms with Crippen LogP contribution in [-0.2, 0) is 0 Å². The zero-order valence-electron chi connectivity index (χ0n) is 14.4. The van der Waals surface area contributed by atoms with Crippen LogP contribution in [0.3, 0.4) is 0 Å². The molecule has 1 aromatic carbocycles. The van der Waals surface area contributed by atoms with Gasteiger partial charge in [0.05, 0.1) is 17.5 Å². The molecule has 3 aromatic rings. The van der Waals surface area contributed by atoms with Crippen molar-refractivity contribution in [2.45, 2.75) is 38.1 Å². The van der Waals surface area contributed by atoms with Crippen molar-refractivity contribution in [2.24, 2.45) is 0 Å². The van der Waals surface area contributed by atoms with Crippen molar-refractivity contribution >= 4 is 23.2 Å². The van der Waals surface area contributed by atoms with Gasteiger partial charge in [0.1, 0.15) is 5.58 Å². The Morgan fingerprint density at radius 2 is 1.88 bits per heavy atom. The van der Waals surface area contributed by atoms with E-state index in [1.165, 1.54) is 25.5 Å². The molecule has 1 aliphatic carbocycles. The molecular formula is C21H20N2O3. The Labute approximate surface area is 151 Å². The predicted octanol–water partition coefficient (Wildman–Crippen LogP) is 4.37. The number of carbonyl (C=O) groups is 2. The molecule has 0 atom stereocenters. The van der Waals surface area contributed by atoms with Gasteiger partial charge in [-0.25, -0.2) is 0 Å². The number of carbonyl (C=O) groups excluding carboxylic acids is 2. The lowest BCUT2D eigenvalue weighted by molar-refractivity contribution is 0.0927. The van der Waals surface area contributed by atoms with Crippen LogP contribution in [-0.4, -0.2) is 23.2 Å².